The fourth-order valence-electron chi connectivity index (χ4n) is 12.0. The first kappa shape index (κ1) is 81.0. The molecule has 0 bridgehead atoms. The summed E-state index contributed by atoms with van der Waals surface area (Å²) in [5.41, 5.74) is 25.2. The van der Waals surface area contributed by atoms with Crippen LogP contribution in [0.1, 0.15) is 206 Å². The Kier molecular flexibility index (Phi) is 29.0. The average molecular weight is 1470 g/mol. The second-order valence-corrected chi connectivity index (χ2v) is 36.3. The molecule has 0 saturated heterocycles. The van der Waals surface area contributed by atoms with Crippen LogP contribution >= 0.6 is 0 Å². The quantitative estimate of drug-likeness (QED) is 0.146. The Hall–Kier alpha value is -5.71. The maximum absolute atomic E-state index is 2.35. The van der Waals surface area contributed by atoms with Gasteiger partial charge in [0.15, 0.2) is 0 Å². The minimum atomic E-state index is 0. The summed E-state index contributed by atoms with van der Waals surface area (Å²) in [7, 11) is 0. The van der Waals surface area contributed by atoms with E-state index in [1.165, 1.54) is 150 Å². The molecule has 0 aliphatic rings. The van der Waals surface area contributed by atoms with E-state index in [4.69, 9.17) is 0 Å². The van der Waals surface area contributed by atoms with Crippen molar-refractivity contribution in [3.05, 3.63) is 262 Å². The maximum Gasteiger partial charge on any atom is -0.0132 e. The van der Waals surface area contributed by atoms with Crippen LogP contribution in [0.25, 0.3) is 87.6 Å². The van der Waals surface area contributed by atoms with Crippen molar-refractivity contribution in [1.29, 1.82) is 0 Å². The number of rotatable bonds is 6. The second kappa shape index (κ2) is 34.4. The van der Waals surface area contributed by atoms with Gasteiger partial charge in [0.1, 0.15) is 0 Å². The summed E-state index contributed by atoms with van der Waals surface area (Å²) in [6.45, 7) is 53.3. The summed E-state index contributed by atoms with van der Waals surface area (Å²) >= 11 is 3.11. The van der Waals surface area contributed by atoms with Crippen LogP contribution in [0.15, 0.2) is 206 Å². The van der Waals surface area contributed by atoms with E-state index in [2.05, 4.69) is 372 Å². The van der Waals surface area contributed by atoms with Gasteiger partial charge < -0.3 is 24.8 Å². The van der Waals surface area contributed by atoms with Gasteiger partial charge in [-0.15, -0.1) is 137 Å². The van der Waals surface area contributed by atoms with Crippen molar-refractivity contribution < 1.29 is 73.3 Å². The number of hydrogen-bond donors (Lipinski definition) is 0. The molecular weight excluding hydrogens is 1360 g/mol. The van der Waals surface area contributed by atoms with Gasteiger partial charge in [0.05, 0.1) is 0 Å². The molecular formula is C92H108Cl2Zr2-2. The van der Waals surface area contributed by atoms with Crippen molar-refractivity contribution in [2.45, 2.75) is 200 Å². The average Bonchev–Trinajstić information content (AvgIpc) is 1.55. The molecule has 0 radical (unpaired) electrons. The van der Waals surface area contributed by atoms with E-state index >= 15 is 0 Å². The maximum atomic E-state index is 2.35. The summed E-state index contributed by atoms with van der Waals surface area (Å²) in [4.78, 5) is 0. The molecule has 500 valence electrons. The fourth-order valence-corrected chi connectivity index (χ4v) is 12.0. The molecule has 12 aromatic rings. The van der Waals surface area contributed by atoms with Crippen molar-refractivity contribution in [3.63, 3.8) is 0 Å². The van der Waals surface area contributed by atoms with Crippen molar-refractivity contribution in [2.24, 2.45) is 0 Å². The molecule has 0 N–H and O–H groups in total. The fraction of sp³-hybridized carbons (Fsp3) is 0.326. The number of hydrogen-bond acceptors (Lipinski definition) is 0. The molecule has 0 nitrogen and oxygen atoms in total. The summed E-state index contributed by atoms with van der Waals surface area (Å²) in [6, 6.07) is 76.9. The van der Waals surface area contributed by atoms with Crippen LogP contribution in [0.3, 0.4) is 0 Å². The molecule has 0 aliphatic heterocycles. The summed E-state index contributed by atoms with van der Waals surface area (Å²) in [5.74, 6) is 1.15. The van der Waals surface area contributed by atoms with Gasteiger partial charge in [-0.05, 0) is 78.0 Å². The molecule has 0 spiro atoms. The Bertz CT molecular complexity index is 4180. The van der Waals surface area contributed by atoms with Crippen LogP contribution in [0.5, 0.6) is 0 Å². The smallest absolute Gasteiger partial charge is 0.0132 e. The topological polar surface area (TPSA) is 0 Å². The number of benzene rings is 8. The van der Waals surface area contributed by atoms with Gasteiger partial charge in [-0.1, -0.05) is 282 Å². The largest absolute Gasteiger partial charge is 1.00 e. The molecule has 0 unspecified atom stereocenters. The zero-order chi connectivity index (χ0) is 69.4. The molecule has 4 heteroatoms. The van der Waals surface area contributed by atoms with Gasteiger partial charge in [0, 0.05) is 0 Å². The van der Waals surface area contributed by atoms with Crippen LogP contribution in [0.2, 0.25) is 0 Å². The summed E-state index contributed by atoms with van der Waals surface area (Å²) in [6.07, 6.45) is 0. The molecule has 0 heterocycles. The molecule has 12 aromatic carbocycles. The SMILES string of the molecule is CC(C)c1cc2c(-c3ccc(C(C)(C)C)cc3)cccc2[cH-]1.CC(C)c1cc2c(-c3ccc(C(C)(C)C)cc3)cccc2[cH-]1.C[C](C)=[Zr+2].C[C](C)=[Zr+2].Cc1cc2c(-c3ccc(C(C)(C)C)cc3)ccc(C)c2[cH-]1.Cc1cc2c(-c3ccc(C(C)(C)C)cc3)ccc(C)c2[cH-]1.[Cl-].[Cl-]. The van der Waals surface area contributed by atoms with Gasteiger partial charge in [-0.25, -0.2) is 0 Å². The molecule has 0 fully saturated rings. The third-order valence-corrected chi connectivity index (χ3v) is 17.6. The molecule has 0 aliphatic carbocycles. The molecule has 0 atom stereocenters. The third-order valence-electron chi connectivity index (χ3n) is 17.6. The first-order valence-corrected chi connectivity index (χ1v) is 36.6. The summed E-state index contributed by atoms with van der Waals surface area (Å²) in [5, 5.41) is 10.9. The first-order chi connectivity index (χ1) is 43.9. The zero-order valence-corrected chi connectivity index (χ0v) is 69.0. The Labute approximate surface area is 623 Å². The van der Waals surface area contributed by atoms with Gasteiger partial charge in [-0.3, -0.25) is 0 Å². The normalized spacial score (nSPS) is 11.5. The minimum Gasteiger partial charge on any atom is -1.00 e. The van der Waals surface area contributed by atoms with Crippen molar-refractivity contribution in [2.75, 3.05) is 0 Å². The van der Waals surface area contributed by atoms with E-state index in [1.807, 2.05) is 0 Å². The second-order valence-electron chi connectivity index (χ2n) is 31.4. The van der Waals surface area contributed by atoms with Crippen LogP contribution in [-0.2, 0) is 70.1 Å². The Morgan fingerprint density at radius 3 is 0.781 bits per heavy atom. The monoisotopic (exact) mass is 1460 g/mol. The van der Waals surface area contributed by atoms with Crippen LogP contribution in [0.4, 0.5) is 0 Å². The van der Waals surface area contributed by atoms with Crippen LogP contribution in [0, 0.1) is 27.7 Å². The van der Waals surface area contributed by atoms with E-state index in [-0.39, 0.29) is 46.5 Å². The Morgan fingerprint density at radius 2 is 0.552 bits per heavy atom. The van der Waals surface area contributed by atoms with Crippen molar-refractivity contribution in [1.82, 2.24) is 0 Å². The predicted molar refractivity (Wildman–Crippen MR) is 415 cm³/mol. The van der Waals surface area contributed by atoms with E-state index in [1.54, 1.807) is 48.5 Å². The van der Waals surface area contributed by atoms with Crippen molar-refractivity contribution in [3.8, 4) is 44.5 Å². The van der Waals surface area contributed by atoms with Gasteiger partial charge >= 0.3 is 82.6 Å². The Balaban J connectivity index is 0.000000221. The van der Waals surface area contributed by atoms with Gasteiger partial charge in [-0.2, -0.15) is 24.3 Å². The minimum absolute atomic E-state index is 0. The van der Waals surface area contributed by atoms with Crippen LogP contribution < -0.4 is 24.8 Å². The molecule has 96 heavy (non-hydrogen) atoms. The molecule has 12 rings (SSSR count). The number of fused-ring (bicyclic) bond motifs is 4. The van der Waals surface area contributed by atoms with Gasteiger partial charge in [0.2, 0.25) is 0 Å². The number of aryl methyl sites for hydroxylation is 4. The van der Waals surface area contributed by atoms with E-state index in [0.717, 1.165) is 0 Å². The number of halogens is 2. The first-order valence-electron chi connectivity index (χ1n) is 34.1. The third kappa shape index (κ3) is 21.6. The predicted octanol–water partition coefficient (Wildman–Crippen LogP) is 21.1. The summed E-state index contributed by atoms with van der Waals surface area (Å²) < 4.78 is 3.01. The van der Waals surface area contributed by atoms with E-state index in [0.29, 0.717) is 11.8 Å². The van der Waals surface area contributed by atoms with E-state index < -0.39 is 0 Å². The van der Waals surface area contributed by atoms with Gasteiger partial charge in [0.25, 0.3) is 0 Å². The molecule has 0 aromatic heterocycles. The standard InChI is InChI=1S/2C22H25.2C21H23.2C3H6.2ClH.2Zr/c2*1-15(2)18-13-17-7-6-8-20(21(17)14-18)16-9-11-19(12-10-16)22(3,4)5;2*1-14-12-19-15(2)6-11-18(20(19)13-14)16-7-9-17(10-8-16)21(3,4)5;2*1-3-2;;;;/h2*6-15H,1-5H3;2*6-13H,1-5H3;2*1-2H3;2*1H;;/q4*-1;;;;;2*+2/p-2. The molecule has 0 saturated carbocycles. The zero-order valence-electron chi connectivity index (χ0n) is 62.5. The van der Waals surface area contributed by atoms with Crippen LogP contribution in [-0.4, -0.2) is 6.41 Å². The Morgan fingerprint density at radius 1 is 0.312 bits per heavy atom. The molecule has 0 amide bonds. The van der Waals surface area contributed by atoms with Crippen molar-refractivity contribution >= 4 is 49.5 Å². The van der Waals surface area contributed by atoms with E-state index in [9.17, 15) is 0 Å².